The molecule has 1 aliphatic carbocycles. The standard InChI is InChI=1S/C22H33N3O3/c1-16-12-18(21(26)27)15-25(13-16)22(28)23-20-11-7-6-8-17(20)14-24(2)19-9-4-3-5-10-19/h6-8,11,16,18-19H,3-5,9-10,12-15H2,1-2H3,(H,23,28)(H,26,27). The van der Waals surface area contributed by atoms with Crippen LogP contribution in [0.2, 0.25) is 0 Å². The zero-order valence-electron chi connectivity index (χ0n) is 17.1. The Hall–Kier alpha value is -2.08. The highest BCUT2D eigenvalue weighted by atomic mass is 16.4. The topological polar surface area (TPSA) is 72.9 Å². The highest BCUT2D eigenvalue weighted by molar-refractivity contribution is 5.90. The number of carbonyl (C=O) groups excluding carboxylic acids is 1. The number of carbonyl (C=O) groups is 2. The number of urea groups is 1. The number of carboxylic acids is 1. The number of rotatable bonds is 5. The van der Waals surface area contributed by atoms with E-state index in [-0.39, 0.29) is 18.5 Å². The SMILES string of the molecule is CC1CC(C(=O)O)CN(C(=O)Nc2ccccc2CN(C)C2CCCCC2)C1. The van der Waals surface area contributed by atoms with Gasteiger partial charge < -0.3 is 15.3 Å². The summed E-state index contributed by atoms with van der Waals surface area (Å²) in [5, 5.41) is 12.4. The van der Waals surface area contributed by atoms with Gasteiger partial charge in [0.2, 0.25) is 0 Å². The van der Waals surface area contributed by atoms with E-state index in [2.05, 4.69) is 23.3 Å². The Morgan fingerprint density at radius 3 is 2.61 bits per heavy atom. The molecule has 0 aromatic heterocycles. The number of piperidine rings is 1. The zero-order chi connectivity index (χ0) is 20.1. The van der Waals surface area contributed by atoms with Gasteiger partial charge in [0.15, 0.2) is 0 Å². The molecule has 2 N–H and O–H groups in total. The third kappa shape index (κ3) is 5.25. The number of hydrogen-bond donors (Lipinski definition) is 2. The summed E-state index contributed by atoms with van der Waals surface area (Å²) in [5.41, 5.74) is 1.92. The van der Waals surface area contributed by atoms with Gasteiger partial charge in [0.05, 0.1) is 5.92 Å². The van der Waals surface area contributed by atoms with Gasteiger partial charge in [-0.2, -0.15) is 0 Å². The smallest absolute Gasteiger partial charge is 0.321 e. The molecule has 154 valence electrons. The average Bonchev–Trinajstić information content (AvgIpc) is 2.69. The number of anilines is 1. The van der Waals surface area contributed by atoms with Crippen molar-refractivity contribution in [2.45, 2.75) is 58.0 Å². The molecule has 6 nitrogen and oxygen atoms in total. The van der Waals surface area contributed by atoms with Gasteiger partial charge in [0.25, 0.3) is 0 Å². The molecule has 2 fully saturated rings. The molecule has 1 saturated carbocycles. The van der Waals surface area contributed by atoms with E-state index in [0.29, 0.717) is 19.0 Å². The van der Waals surface area contributed by atoms with Crippen molar-refractivity contribution in [2.24, 2.45) is 11.8 Å². The fourth-order valence-corrected chi connectivity index (χ4v) is 4.59. The number of likely N-dealkylation sites (tertiary alicyclic amines) is 1. The summed E-state index contributed by atoms with van der Waals surface area (Å²) < 4.78 is 0. The first-order valence-electron chi connectivity index (χ1n) is 10.5. The van der Waals surface area contributed by atoms with E-state index in [4.69, 9.17) is 0 Å². The number of aliphatic carboxylic acids is 1. The lowest BCUT2D eigenvalue weighted by Gasteiger charge is -2.35. The van der Waals surface area contributed by atoms with Crippen LogP contribution in [0.5, 0.6) is 0 Å². The highest BCUT2D eigenvalue weighted by Crippen LogP contribution is 2.26. The summed E-state index contributed by atoms with van der Waals surface area (Å²) in [7, 11) is 2.17. The normalized spacial score (nSPS) is 23.6. The zero-order valence-corrected chi connectivity index (χ0v) is 17.1. The van der Waals surface area contributed by atoms with Gasteiger partial charge >= 0.3 is 12.0 Å². The molecule has 2 amide bonds. The van der Waals surface area contributed by atoms with Crippen molar-refractivity contribution >= 4 is 17.7 Å². The molecule has 1 aromatic carbocycles. The van der Waals surface area contributed by atoms with Crippen LogP contribution in [-0.4, -0.2) is 53.1 Å². The average molecular weight is 388 g/mol. The Bertz CT molecular complexity index is 687. The fraction of sp³-hybridized carbons (Fsp3) is 0.636. The number of hydrogen-bond acceptors (Lipinski definition) is 3. The number of carboxylic acid groups (broad SMARTS) is 1. The quantitative estimate of drug-likeness (QED) is 0.800. The van der Waals surface area contributed by atoms with Gasteiger partial charge in [-0.25, -0.2) is 4.79 Å². The molecule has 3 rings (SSSR count). The second kappa shape index (κ2) is 9.41. The summed E-state index contributed by atoms with van der Waals surface area (Å²) in [6.07, 6.45) is 7.04. The van der Waals surface area contributed by atoms with Crippen LogP contribution in [0, 0.1) is 11.8 Å². The summed E-state index contributed by atoms with van der Waals surface area (Å²) in [6.45, 7) is 3.67. The van der Waals surface area contributed by atoms with Crippen LogP contribution < -0.4 is 5.32 Å². The second-order valence-electron chi connectivity index (χ2n) is 8.58. The van der Waals surface area contributed by atoms with Crippen molar-refractivity contribution in [2.75, 3.05) is 25.5 Å². The Balaban J connectivity index is 1.65. The summed E-state index contributed by atoms with van der Waals surface area (Å²) >= 11 is 0. The third-order valence-corrected chi connectivity index (χ3v) is 6.17. The Kier molecular flexibility index (Phi) is 6.94. The minimum Gasteiger partial charge on any atom is -0.481 e. The lowest BCUT2D eigenvalue weighted by Crippen LogP contribution is -2.47. The van der Waals surface area contributed by atoms with E-state index >= 15 is 0 Å². The van der Waals surface area contributed by atoms with E-state index in [0.717, 1.165) is 17.8 Å². The molecule has 1 aromatic rings. The van der Waals surface area contributed by atoms with E-state index < -0.39 is 11.9 Å². The molecule has 0 spiro atoms. The maximum Gasteiger partial charge on any atom is 0.321 e. The summed E-state index contributed by atoms with van der Waals surface area (Å²) in [5.74, 6) is -1.12. The van der Waals surface area contributed by atoms with Crippen LogP contribution in [0.25, 0.3) is 0 Å². The lowest BCUT2D eigenvalue weighted by molar-refractivity contribution is -0.143. The van der Waals surface area contributed by atoms with Crippen LogP contribution >= 0.6 is 0 Å². The predicted molar refractivity (Wildman–Crippen MR) is 110 cm³/mol. The molecule has 28 heavy (non-hydrogen) atoms. The van der Waals surface area contributed by atoms with Crippen molar-refractivity contribution in [3.05, 3.63) is 29.8 Å². The van der Waals surface area contributed by atoms with Gasteiger partial charge in [0, 0.05) is 31.4 Å². The summed E-state index contributed by atoms with van der Waals surface area (Å²) in [4.78, 5) is 28.3. The largest absolute Gasteiger partial charge is 0.481 e. The second-order valence-corrected chi connectivity index (χ2v) is 8.58. The maximum atomic E-state index is 12.8. The van der Waals surface area contributed by atoms with E-state index in [1.807, 2.05) is 25.1 Å². The van der Waals surface area contributed by atoms with E-state index in [9.17, 15) is 14.7 Å². The van der Waals surface area contributed by atoms with Crippen LogP contribution in [0.4, 0.5) is 10.5 Å². The van der Waals surface area contributed by atoms with Crippen molar-refractivity contribution < 1.29 is 14.7 Å². The van der Waals surface area contributed by atoms with E-state index in [1.54, 1.807) is 4.90 Å². The Morgan fingerprint density at radius 1 is 1.18 bits per heavy atom. The number of nitrogens with zero attached hydrogens (tertiary/aromatic N) is 2. The number of nitrogens with one attached hydrogen (secondary N) is 1. The van der Waals surface area contributed by atoms with Gasteiger partial charge in [-0.15, -0.1) is 0 Å². The molecular formula is C22H33N3O3. The molecular weight excluding hydrogens is 354 g/mol. The number of benzene rings is 1. The van der Waals surface area contributed by atoms with Crippen LogP contribution in [0.15, 0.2) is 24.3 Å². The van der Waals surface area contributed by atoms with Crippen LogP contribution in [0.1, 0.15) is 51.0 Å². The highest BCUT2D eigenvalue weighted by Gasteiger charge is 2.32. The van der Waals surface area contributed by atoms with Crippen LogP contribution in [-0.2, 0) is 11.3 Å². The molecule has 0 radical (unpaired) electrons. The summed E-state index contributed by atoms with van der Waals surface area (Å²) in [6, 6.07) is 8.34. The van der Waals surface area contributed by atoms with Crippen molar-refractivity contribution in [1.29, 1.82) is 0 Å². The first-order chi connectivity index (χ1) is 13.4. The van der Waals surface area contributed by atoms with Crippen molar-refractivity contribution in [3.8, 4) is 0 Å². The molecule has 0 bridgehead atoms. The lowest BCUT2D eigenvalue weighted by atomic mass is 9.91. The molecule has 1 aliphatic heterocycles. The van der Waals surface area contributed by atoms with Crippen molar-refractivity contribution in [3.63, 3.8) is 0 Å². The Labute approximate surface area is 167 Å². The Morgan fingerprint density at radius 2 is 1.89 bits per heavy atom. The van der Waals surface area contributed by atoms with Gasteiger partial charge in [0.1, 0.15) is 0 Å². The monoisotopic (exact) mass is 387 g/mol. The molecule has 1 saturated heterocycles. The predicted octanol–water partition coefficient (Wildman–Crippen LogP) is 4.03. The van der Waals surface area contributed by atoms with Gasteiger partial charge in [-0.3, -0.25) is 9.69 Å². The molecule has 2 atom stereocenters. The fourth-order valence-electron chi connectivity index (χ4n) is 4.59. The number of para-hydroxylation sites is 1. The number of amides is 2. The first-order valence-corrected chi connectivity index (χ1v) is 10.5. The van der Waals surface area contributed by atoms with E-state index in [1.165, 1.54) is 32.1 Å². The molecule has 2 unspecified atom stereocenters. The third-order valence-electron chi connectivity index (χ3n) is 6.17. The van der Waals surface area contributed by atoms with Crippen molar-refractivity contribution in [1.82, 2.24) is 9.80 Å². The minimum absolute atomic E-state index is 0.188. The maximum absolute atomic E-state index is 12.8. The minimum atomic E-state index is -0.821. The molecule has 1 heterocycles. The van der Waals surface area contributed by atoms with Gasteiger partial charge in [-0.1, -0.05) is 44.4 Å². The van der Waals surface area contributed by atoms with Crippen LogP contribution in [0.3, 0.4) is 0 Å². The molecule has 6 heteroatoms. The van der Waals surface area contributed by atoms with Gasteiger partial charge in [-0.05, 0) is 43.9 Å². The first kappa shape index (κ1) is 20.6. The molecule has 2 aliphatic rings.